The lowest BCUT2D eigenvalue weighted by molar-refractivity contribution is 0.112. The Morgan fingerprint density at radius 1 is 1.44 bits per heavy atom. The molecule has 7 heteroatoms. The number of hydrogen-bond donors (Lipinski definition) is 1. The summed E-state index contributed by atoms with van der Waals surface area (Å²) in [7, 11) is 0. The van der Waals surface area contributed by atoms with Crippen molar-refractivity contribution < 1.29 is 4.79 Å². The quantitative estimate of drug-likeness (QED) is 0.740. The van der Waals surface area contributed by atoms with Crippen LogP contribution in [0.1, 0.15) is 15.2 Å². The van der Waals surface area contributed by atoms with Gasteiger partial charge in [0.15, 0.2) is 10.8 Å². The average Bonchev–Trinajstić information content (AvgIpc) is 2.73. The minimum Gasteiger partial charge on any atom is -0.379 e. The van der Waals surface area contributed by atoms with E-state index < -0.39 is 0 Å². The van der Waals surface area contributed by atoms with Crippen LogP contribution in [0.3, 0.4) is 0 Å². The molecule has 0 saturated carbocycles. The molecule has 0 spiro atoms. The Labute approximate surface area is 130 Å². The van der Waals surface area contributed by atoms with Gasteiger partial charge in [0.1, 0.15) is 0 Å². The number of carbonyl (C=O) groups is 1. The van der Waals surface area contributed by atoms with Crippen LogP contribution in [0.4, 0.5) is 5.69 Å². The highest BCUT2D eigenvalue weighted by molar-refractivity contribution is 9.11. The molecule has 94 valence electrons. The fraction of sp³-hybridized carbons (Fsp3) is 0.0909. The Balaban J connectivity index is 2.20. The lowest BCUT2D eigenvalue weighted by atomic mass is 10.2. The third-order valence-corrected chi connectivity index (χ3v) is 4.38. The van der Waals surface area contributed by atoms with Gasteiger partial charge < -0.3 is 5.32 Å². The minimum absolute atomic E-state index is 0.511. The molecule has 1 N–H and O–H groups in total. The molecule has 0 radical (unpaired) electrons. The van der Waals surface area contributed by atoms with E-state index in [4.69, 9.17) is 11.6 Å². The smallest absolute Gasteiger partial charge is 0.183 e. The first-order valence-electron chi connectivity index (χ1n) is 4.88. The van der Waals surface area contributed by atoms with Crippen molar-refractivity contribution in [2.75, 3.05) is 5.32 Å². The Bertz CT molecular complexity index is 588. The molecule has 0 bridgehead atoms. The third kappa shape index (κ3) is 3.32. The van der Waals surface area contributed by atoms with E-state index in [1.54, 1.807) is 12.3 Å². The van der Waals surface area contributed by atoms with Crippen molar-refractivity contribution in [3.05, 3.63) is 42.2 Å². The van der Waals surface area contributed by atoms with Crippen LogP contribution in [0.5, 0.6) is 0 Å². The first-order chi connectivity index (χ1) is 8.60. The second-order valence-electron chi connectivity index (χ2n) is 3.40. The summed E-state index contributed by atoms with van der Waals surface area (Å²) in [5.74, 6) is 0. The van der Waals surface area contributed by atoms with E-state index in [1.165, 1.54) is 11.3 Å². The van der Waals surface area contributed by atoms with E-state index >= 15 is 0 Å². The summed E-state index contributed by atoms with van der Waals surface area (Å²) in [6, 6.07) is 3.65. The van der Waals surface area contributed by atoms with E-state index in [0.29, 0.717) is 16.6 Å². The van der Waals surface area contributed by atoms with Crippen molar-refractivity contribution >= 4 is 66.8 Å². The zero-order valence-electron chi connectivity index (χ0n) is 8.91. The number of benzene rings is 1. The van der Waals surface area contributed by atoms with Gasteiger partial charge in [-0.1, -0.05) is 27.5 Å². The maximum Gasteiger partial charge on any atom is 0.183 e. The van der Waals surface area contributed by atoms with Crippen LogP contribution in [-0.2, 0) is 6.54 Å². The van der Waals surface area contributed by atoms with Crippen LogP contribution in [0.25, 0.3) is 0 Å². The number of halogens is 3. The molecular formula is C11H7Br2ClN2OS. The Morgan fingerprint density at radius 3 is 2.83 bits per heavy atom. The number of aromatic nitrogens is 1. The number of nitrogens with zero attached hydrogens (tertiary/aromatic N) is 1. The number of thiazole rings is 1. The third-order valence-electron chi connectivity index (χ3n) is 2.18. The number of carbonyl (C=O) groups excluding carboxylic acids is 1. The van der Waals surface area contributed by atoms with Crippen LogP contribution >= 0.6 is 54.8 Å². The number of aldehydes is 1. The fourth-order valence-electron chi connectivity index (χ4n) is 1.41. The van der Waals surface area contributed by atoms with Gasteiger partial charge in [0.25, 0.3) is 0 Å². The first kappa shape index (κ1) is 14.0. The van der Waals surface area contributed by atoms with Gasteiger partial charge in [-0.25, -0.2) is 4.98 Å². The SMILES string of the molecule is O=Cc1cc(Br)cc(Br)c1NCc1cnc(Cl)s1. The molecule has 0 fully saturated rings. The maximum atomic E-state index is 11.0. The first-order valence-corrected chi connectivity index (χ1v) is 7.66. The summed E-state index contributed by atoms with van der Waals surface area (Å²) in [6.45, 7) is 0.575. The van der Waals surface area contributed by atoms with Crippen LogP contribution in [0.15, 0.2) is 27.3 Å². The van der Waals surface area contributed by atoms with Crippen molar-refractivity contribution in [1.29, 1.82) is 0 Å². The second kappa shape index (κ2) is 6.14. The van der Waals surface area contributed by atoms with Crippen molar-refractivity contribution in [2.24, 2.45) is 0 Å². The second-order valence-corrected chi connectivity index (χ2v) is 6.87. The lowest BCUT2D eigenvalue weighted by Crippen LogP contribution is -2.02. The molecular weight excluding hydrogens is 403 g/mol. The Morgan fingerprint density at radius 2 is 2.22 bits per heavy atom. The highest BCUT2D eigenvalue weighted by atomic mass is 79.9. The molecule has 0 unspecified atom stereocenters. The molecule has 0 amide bonds. The van der Waals surface area contributed by atoms with Gasteiger partial charge in [0.05, 0.1) is 12.2 Å². The van der Waals surface area contributed by atoms with Gasteiger partial charge >= 0.3 is 0 Å². The van der Waals surface area contributed by atoms with Gasteiger partial charge in [0, 0.05) is 25.6 Å². The number of nitrogens with one attached hydrogen (secondary N) is 1. The standard InChI is InChI=1S/C11H7Br2ClN2OS/c12-7-1-6(5-17)10(9(13)2-7)15-3-8-4-16-11(14)18-8/h1-2,4-5,15H,3H2. The summed E-state index contributed by atoms with van der Waals surface area (Å²) >= 11 is 13.9. The van der Waals surface area contributed by atoms with Gasteiger partial charge in [0.2, 0.25) is 0 Å². The highest BCUT2D eigenvalue weighted by Crippen LogP contribution is 2.30. The van der Waals surface area contributed by atoms with Gasteiger partial charge in [-0.2, -0.15) is 0 Å². The van der Waals surface area contributed by atoms with E-state index in [0.717, 1.165) is 25.8 Å². The molecule has 2 rings (SSSR count). The van der Waals surface area contributed by atoms with Gasteiger partial charge in [-0.05, 0) is 28.1 Å². The van der Waals surface area contributed by atoms with Gasteiger partial charge in [-0.15, -0.1) is 11.3 Å². The molecule has 0 atom stereocenters. The topological polar surface area (TPSA) is 42.0 Å². The van der Waals surface area contributed by atoms with Crippen molar-refractivity contribution in [2.45, 2.75) is 6.54 Å². The molecule has 0 saturated heterocycles. The molecule has 1 aromatic heterocycles. The van der Waals surface area contributed by atoms with Crippen molar-refractivity contribution in [1.82, 2.24) is 4.98 Å². The molecule has 0 aliphatic heterocycles. The predicted molar refractivity (Wildman–Crippen MR) is 81.7 cm³/mol. The predicted octanol–water partition coefficient (Wildman–Crippen LogP) is 4.75. The van der Waals surface area contributed by atoms with Gasteiger partial charge in [-0.3, -0.25) is 4.79 Å². The van der Waals surface area contributed by atoms with Crippen molar-refractivity contribution in [3.63, 3.8) is 0 Å². The zero-order valence-corrected chi connectivity index (χ0v) is 13.7. The normalized spacial score (nSPS) is 10.4. The Kier molecular flexibility index (Phi) is 4.77. The highest BCUT2D eigenvalue weighted by Gasteiger charge is 2.08. The van der Waals surface area contributed by atoms with Crippen LogP contribution in [0.2, 0.25) is 4.47 Å². The van der Waals surface area contributed by atoms with Crippen LogP contribution < -0.4 is 5.32 Å². The molecule has 3 nitrogen and oxygen atoms in total. The van der Waals surface area contributed by atoms with E-state index in [-0.39, 0.29) is 0 Å². The number of rotatable bonds is 4. The molecule has 0 aliphatic rings. The summed E-state index contributed by atoms with van der Waals surface area (Å²) in [5, 5.41) is 3.20. The maximum absolute atomic E-state index is 11.0. The van der Waals surface area contributed by atoms with E-state index in [1.807, 2.05) is 6.07 Å². The average molecular weight is 411 g/mol. The number of anilines is 1. The summed E-state index contributed by atoms with van der Waals surface area (Å²) in [6.07, 6.45) is 2.53. The summed E-state index contributed by atoms with van der Waals surface area (Å²) in [4.78, 5) is 16.0. The molecule has 2 aromatic rings. The minimum atomic E-state index is 0.511. The monoisotopic (exact) mass is 408 g/mol. The van der Waals surface area contributed by atoms with Crippen LogP contribution in [0, 0.1) is 0 Å². The fourth-order valence-corrected chi connectivity index (χ4v) is 3.73. The largest absolute Gasteiger partial charge is 0.379 e. The summed E-state index contributed by atoms with van der Waals surface area (Å²) < 4.78 is 2.19. The van der Waals surface area contributed by atoms with Crippen LogP contribution in [-0.4, -0.2) is 11.3 Å². The molecule has 18 heavy (non-hydrogen) atoms. The zero-order chi connectivity index (χ0) is 13.1. The summed E-state index contributed by atoms with van der Waals surface area (Å²) in [5.41, 5.74) is 1.35. The lowest BCUT2D eigenvalue weighted by Gasteiger charge is -2.10. The molecule has 0 aliphatic carbocycles. The van der Waals surface area contributed by atoms with E-state index in [9.17, 15) is 4.79 Å². The van der Waals surface area contributed by atoms with Crippen molar-refractivity contribution in [3.8, 4) is 0 Å². The number of hydrogen-bond acceptors (Lipinski definition) is 4. The van der Waals surface area contributed by atoms with E-state index in [2.05, 4.69) is 42.2 Å². The Hall–Kier alpha value is -0.430. The molecule has 1 aromatic carbocycles. The molecule has 1 heterocycles.